The Bertz CT molecular complexity index is 1070. The van der Waals surface area contributed by atoms with E-state index in [4.69, 9.17) is 0 Å². The maximum Gasteiger partial charge on any atom is 0.332 e. The van der Waals surface area contributed by atoms with E-state index in [1.165, 1.54) is 17.2 Å². The predicted molar refractivity (Wildman–Crippen MR) is 110 cm³/mol. The van der Waals surface area contributed by atoms with Gasteiger partial charge in [0.2, 0.25) is 5.91 Å². The molecule has 0 radical (unpaired) electrons. The zero-order chi connectivity index (χ0) is 21.1. The molecule has 0 spiro atoms. The highest BCUT2D eigenvalue weighted by atomic mass is 16.2. The SMILES string of the molecule is Cc1ccc(CNC(=O)C2CCN(c3c(C#N)c(=O)n(C)c(=O)n3C)CC2)cc1. The minimum absolute atomic E-state index is 0.00333. The number of hydrogen-bond donors (Lipinski definition) is 1. The first-order chi connectivity index (χ1) is 13.8. The molecular weight excluding hydrogens is 370 g/mol. The minimum atomic E-state index is -0.594. The Hall–Kier alpha value is -3.34. The third-order valence-corrected chi connectivity index (χ3v) is 5.50. The van der Waals surface area contributed by atoms with E-state index in [1.54, 1.807) is 7.05 Å². The fraction of sp³-hybridized carbons (Fsp3) is 0.429. The number of aromatic nitrogens is 2. The van der Waals surface area contributed by atoms with Crippen molar-refractivity contribution in [1.82, 2.24) is 14.5 Å². The quantitative estimate of drug-likeness (QED) is 0.825. The predicted octanol–water partition coefficient (Wildman–Crippen LogP) is 0.797. The highest BCUT2D eigenvalue weighted by Crippen LogP contribution is 2.24. The van der Waals surface area contributed by atoms with Crippen LogP contribution in [0.15, 0.2) is 33.9 Å². The minimum Gasteiger partial charge on any atom is -0.357 e. The molecule has 1 aliphatic heterocycles. The molecule has 1 N–H and O–H groups in total. The van der Waals surface area contributed by atoms with Crippen LogP contribution in [0.3, 0.4) is 0 Å². The van der Waals surface area contributed by atoms with E-state index >= 15 is 0 Å². The van der Waals surface area contributed by atoms with Crippen LogP contribution in [-0.4, -0.2) is 28.1 Å². The molecule has 1 aromatic heterocycles. The summed E-state index contributed by atoms with van der Waals surface area (Å²) in [6.07, 6.45) is 1.18. The van der Waals surface area contributed by atoms with Gasteiger partial charge in [-0.1, -0.05) is 29.8 Å². The monoisotopic (exact) mass is 395 g/mol. The van der Waals surface area contributed by atoms with Crippen molar-refractivity contribution in [2.75, 3.05) is 18.0 Å². The molecule has 0 bridgehead atoms. The molecule has 8 nitrogen and oxygen atoms in total. The summed E-state index contributed by atoms with van der Waals surface area (Å²) in [5.74, 6) is 0.202. The Balaban J connectivity index is 1.67. The van der Waals surface area contributed by atoms with Crippen molar-refractivity contribution in [1.29, 1.82) is 5.26 Å². The molecule has 29 heavy (non-hydrogen) atoms. The van der Waals surface area contributed by atoms with E-state index in [-0.39, 0.29) is 17.4 Å². The molecule has 1 aromatic carbocycles. The summed E-state index contributed by atoms with van der Waals surface area (Å²) in [4.78, 5) is 38.9. The molecule has 8 heteroatoms. The second-order valence-electron chi connectivity index (χ2n) is 7.48. The van der Waals surface area contributed by atoms with E-state index in [0.717, 1.165) is 10.1 Å². The van der Waals surface area contributed by atoms with Crippen LogP contribution in [0.2, 0.25) is 0 Å². The van der Waals surface area contributed by atoms with Crippen LogP contribution >= 0.6 is 0 Å². The van der Waals surface area contributed by atoms with E-state index in [1.807, 2.05) is 42.2 Å². The van der Waals surface area contributed by atoms with E-state index in [0.29, 0.717) is 38.3 Å². The number of amides is 1. The molecule has 2 heterocycles. The van der Waals surface area contributed by atoms with E-state index in [9.17, 15) is 19.6 Å². The summed E-state index contributed by atoms with van der Waals surface area (Å²) in [6, 6.07) is 9.96. The topological polar surface area (TPSA) is 100 Å². The summed E-state index contributed by atoms with van der Waals surface area (Å²) >= 11 is 0. The van der Waals surface area contributed by atoms with Crippen LogP contribution in [0.1, 0.15) is 29.5 Å². The molecular formula is C21H25N5O3. The van der Waals surface area contributed by atoms with Gasteiger partial charge < -0.3 is 10.2 Å². The Kier molecular flexibility index (Phi) is 5.87. The molecule has 1 fully saturated rings. The van der Waals surface area contributed by atoms with Crippen molar-refractivity contribution in [3.8, 4) is 6.07 Å². The molecule has 1 aliphatic rings. The lowest BCUT2D eigenvalue weighted by Gasteiger charge is -2.34. The van der Waals surface area contributed by atoms with Crippen molar-refractivity contribution in [3.05, 3.63) is 61.8 Å². The number of nitrogens with one attached hydrogen (secondary N) is 1. The van der Waals surface area contributed by atoms with Gasteiger partial charge in [0.25, 0.3) is 5.56 Å². The van der Waals surface area contributed by atoms with Crippen molar-refractivity contribution in [2.45, 2.75) is 26.3 Å². The number of nitrogens with zero attached hydrogens (tertiary/aromatic N) is 4. The molecule has 0 aliphatic carbocycles. The standard InChI is InChI=1S/C21H25N5O3/c1-14-4-6-15(7-5-14)13-23-18(27)16-8-10-26(11-9-16)19-17(12-22)20(28)25(3)21(29)24(19)2/h4-7,16H,8-11,13H2,1-3H3,(H,23,27). The van der Waals surface area contributed by atoms with Gasteiger partial charge in [0.1, 0.15) is 11.9 Å². The average molecular weight is 395 g/mol. The molecule has 1 amide bonds. The summed E-state index contributed by atoms with van der Waals surface area (Å²) < 4.78 is 2.27. The largest absolute Gasteiger partial charge is 0.357 e. The summed E-state index contributed by atoms with van der Waals surface area (Å²) in [6.45, 7) is 3.50. The summed E-state index contributed by atoms with van der Waals surface area (Å²) in [7, 11) is 2.91. The number of rotatable bonds is 4. The average Bonchev–Trinajstić information content (AvgIpc) is 2.74. The lowest BCUT2D eigenvalue weighted by atomic mass is 9.95. The smallest absolute Gasteiger partial charge is 0.332 e. The maximum absolute atomic E-state index is 12.5. The molecule has 0 unspecified atom stereocenters. The Morgan fingerprint density at radius 3 is 2.34 bits per heavy atom. The van der Waals surface area contributed by atoms with E-state index < -0.39 is 11.2 Å². The van der Waals surface area contributed by atoms with Gasteiger partial charge in [-0.15, -0.1) is 0 Å². The van der Waals surface area contributed by atoms with E-state index in [2.05, 4.69) is 5.32 Å². The number of carbonyl (C=O) groups is 1. The number of carbonyl (C=O) groups excluding carboxylic acids is 1. The Morgan fingerprint density at radius 1 is 1.14 bits per heavy atom. The van der Waals surface area contributed by atoms with Gasteiger partial charge in [-0.25, -0.2) is 4.79 Å². The van der Waals surface area contributed by atoms with Crippen molar-refractivity contribution in [3.63, 3.8) is 0 Å². The second kappa shape index (κ2) is 8.35. The summed E-state index contributed by atoms with van der Waals surface area (Å²) in [5.41, 5.74) is 1.12. The molecule has 2 aromatic rings. The number of aryl methyl sites for hydroxylation is 1. The number of nitriles is 1. The van der Waals surface area contributed by atoms with Crippen LogP contribution in [0, 0.1) is 24.2 Å². The molecule has 152 valence electrons. The zero-order valence-corrected chi connectivity index (χ0v) is 16.9. The highest BCUT2D eigenvalue weighted by Gasteiger charge is 2.28. The van der Waals surface area contributed by atoms with Crippen molar-refractivity contribution >= 4 is 11.7 Å². The van der Waals surface area contributed by atoms with Crippen LogP contribution in [0.4, 0.5) is 5.82 Å². The van der Waals surface area contributed by atoms with Gasteiger partial charge in [0, 0.05) is 39.6 Å². The molecule has 0 atom stereocenters. The Labute approximate surface area is 169 Å². The van der Waals surface area contributed by atoms with Crippen molar-refractivity contribution in [2.24, 2.45) is 20.0 Å². The second-order valence-corrected chi connectivity index (χ2v) is 7.48. The van der Waals surface area contributed by atoms with Gasteiger partial charge in [-0.05, 0) is 25.3 Å². The first kappa shape index (κ1) is 20.4. The number of hydrogen-bond acceptors (Lipinski definition) is 5. The van der Waals surface area contributed by atoms with Gasteiger partial charge in [0.05, 0.1) is 0 Å². The normalized spacial score (nSPS) is 14.5. The van der Waals surface area contributed by atoms with Crippen LogP contribution in [0.25, 0.3) is 0 Å². The van der Waals surface area contributed by atoms with Gasteiger partial charge >= 0.3 is 5.69 Å². The van der Waals surface area contributed by atoms with Gasteiger partial charge in [-0.3, -0.25) is 18.7 Å². The van der Waals surface area contributed by atoms with Gasteiger partial charge in [0.15, 0.2) is 5.56 Å². The zero-order valence-electron chi connectivity index (χ0n) is 16.9. The number of piperidine rings is 1. The van der Waals surface area contributed by atoms with Crippen LogP contribution in [0.5, 0.6) is 0 Å². The molecule has 0 saturated carbocycles. The third-order valence-electron chi connectivity index (χ3n) is 5.50. The van der Waals surface area contributed by atoms with Gasteiger partial charge in [-0.2, -0.15) is 5.26 Å². The van der Waals surface area contributed by atoms with Crippen LogP contribution < -0.4 is 21.5 Å². The fourth-order valence-electron chi connectivity index (χ4n) is 3.69. The van der Waals surface area contributed by atoms with Crippen LogP contribution in [-0.2, 0) is 25.4 Å². The first-order valence-electron chi connectivity index (χ1n) is 9.61. The summed E-state index contributed by atoms with van der Waals surface area (Å²) in [5, 5.41) is 12.4. The highest BCUT2D eigenvalue weighted by molar-refractivity contribution is 5.79. The molecule has 1 saturated heterocycles. The first-order valence-corrected chi connectivity index (χ1v) is 9.61. The maximum atomic E-state index is 12.5. The number of anilines is 1. The Morgan fingerprint density at radius 2 is 1.76 bits per heavy atom. The lowest BCUT2D eigenvalue weighted by Crippen LogP contribution is -2.46. The fourth-order valence-corrected chi connectivity index (χ4v) is 3.69. The van der Waals surface area contributed by atoms with Crippen molar-refractivity contribution < 1.29 is 4.79 Å². The molecule has 3 rings (SSSR count). The number of benzene rings is 1. The lowest BCUT2D eigenvalue weighted by molar-refractivity contribution is -0.125. The third kappa shape index (κ3) is 4.09.